The molecule has 2 rings (SSSR count). The van der Waals surface area contributed by atoms with Crippen LogP contribution in [0.5, 0.6) is 0 Å². The van der Waals surface area contributed by atoms with E-state index in [1.807, 2.05) is 24.3 Å². The highest BCUT2D eigenvalue weighted by atomic mass is 32.2. The normalized spacial score (nSPS) is 10.3. The van der Waals surface area contributed by atoms with Gasteiger partial charge in [-0.1, -0.05) is 0 Å². The van der Waals surface area contributed by atoms with Crippen molar-refractivity contribution in [3.8, 4) is 0 Å². The first-order chi connectivity index (χ1) is 12.1. The van der Waals surface area contributed by atoms with Crippen molar-refractivity contribution >= 4 is 35.5 Å². The second-order valence-electron chi connectivity index (χ2n) is 5.08. The fourth-order valence-electron chi connectivity index (χ4n) is 2.05. The van der Waals surface area contributed by atoms with Crippen molar-refractivity contribution < 1.29 is 19.1 Å². The molecule has 0 radical (unpaired) electrons. The molecule has 0 N–H and O–H groups in total. The van der Waals surface area contributed by atoms with E-state index in [4.69, 9.17) is 0 Å². The number of esters is 2. The molecule has 25 heavy (non-hydrogen) atoms. The molecule has 0 saturated carbocycles. The van der Waals surface area contributed by atoms with E-state index in [2.05, 4.69) is 9.47 Å². The molecule has 0 aliphatic carbocycles. The largest absolute Gasteiger partial charge is 0.465 e. The topological polar surface area (TPSA) is 52.6 Å². The first-order valence-corrected chi connectivity index (χ1v) is 9.73. The van der Waals surface area contributed by atoms with Gasteiger partial charge in [0.15, 0.2) is 0 Å². The van der Waals surface area contributed by atoms with Gasteiger partial charge < -0.3 is 9.47 Å². The van der Waals surface area contributed by atoms with Gasteiger partial charge in [0, 0.05) is 9.79 Å². The summed E-state index contributed by atoms with van der Waals surface area (Å²) in [5.74, 6) is 1.38. The third kappa shape index (κ3) is 6.14. The lowest BCUT2D eigenvalue weighted by atomic mass is 10.2. The zero-order chi connectivity index (χ0) is 18.1. The van der Waals surface area contributed by atoms with Crippen LogP contribution in [0.4, 0.5) is 0 Å². The van der Waals surface area contributed by atoms with Gasteiger partial charge in [-0.3, -0.25) is 0 Å². The zero-order valence-corrected chi connectivity index (χ0v) is 15.8. The molecular formula is C19H20O4S2. The maximum absolute atomic E-state index is 11.4. The summed E-state index contributed by atoms with van der Waals surface area (Å²) in [5, 5.41) is 0. The zero-order valence-electron chi connectivity index (χ0n) is 14.2. The maximum atomic E-state index is 11.4. The van der Waals surface area contributed by atoms with E-state index >= 15 is 0 Å². The molecule has 0 aliphatic rings. The van der Waals surface area contributed by atoms with Crippen LogP contribution in [0.2, 0.25) is 0 Å². The number of methoxy groups -OCH3 is 2. The van der Waals surface area contributed by atoms with Gasteiger partial charge in [0.05, 0.1) is 25.3 Å². The summed E-state index contributed by atoms with van der Waals surface area (Å²) in [6.45, 7) is 0. The molecule has 132 valence electrons. The van der Waals surface area contributed by atoms with E-state index in [-0.39, 0.29) is 11.9 Å². The molecule has 0 atom stereocenters. The average molecular weight is 376 g/mol. The van der Waals surface area contributed by atoms with E-state index < -0.39 is 0 Å². The smallest absolute Gasteiger partial charge is 0.337 e. The third-order valence-corrected chi connectivity index (χ3v) is 5.57. The Morgan fingerprint density at radius 1 is 0.720 bits per heavy atom. The van der Waals surface area contributed by atoms with Gasteiger partial charge in [0.1, 0.15) is 0 Å². The van der Waals surface area contributed by atoms with Gasteiger partial charge >= 0.3 is 11.9 Å². The number of thioether (sulfide) groups is 2. The molecule has 0 unspecified atom stereocenters. The predicted octanol–water partition coefficient (Wildman–Crippen LogP) is 4.53. The van der Waals surface area contributed by atoms with Crippen molar-refractivity contribution in [1.82, 2.24) is 0 Å². The number of hydrogen-bond acceptors (Lipinski definition) is 6. The third-order valence-electron chi connectivity index (χ3n) is 3.38. The Balaban J connectivity index is 1.69. The Kier molecular flexibility index (Phi) is 7.88. The van der Waals surface area contributed by atoms with Gasteiger partial charge in [-0.2, -0.15) is 0 Å². The molecule has 2 aromatic rings. The van der Waals surface area contributed by atoms with Crippen molar-refractivity contribution in [1.29, 1.82) is 0 Å². The number of hydrogen-bond donors (Lipinski definition) is 0. The fraction of sp³-hybridized carbons (Fsp3) is 0.263. The van der Waals surface area contributed by atoms with E-state index in [9.17, 15) is 9.59 Å². The number of ether oxygens (including phenoxy) is 2. The summed E-state index contributed by atoms with van der Waals surface area (Å²) in [6, 6.07) is 14.9. The minimum Gasteiger partial charge on any atom is -0.465 e. The molecule has 0 aliphatic heterocycles. The molecule has 4 nitrogen and oxygen atoms in total. The SMILES string of the molecule is COC(=O)c1ccc(SCCCSc2ccc(C(=O)OC)cc2)cc1. The highest BCUT2D eigenvalue weighted by molar-refractivity contribution is 8.00. The Labute approximate surface area is 156 Å². The summed E-state index contributed by atoms with van der Waals surface area (Å²) in [6.07, 6.45) is 1.06. The second kappa shape index (κ2) is 10.2. The summed E-state index contributed by atoms with van der Waals surface area (Å²) >= 11 is 3.53. The van der Waals surface area contributed by atoms with E-state index in [0.717, 1.165) is 27.7 Å². The van der Waals surface area contributed by atoms with Crippen LogP contribution >= 0.6 is 23.5 Å². The van der Waals surface area contributed by atoms with Gasteiger partial charge in [-0.15, -0.1) is 23.5 Å². The molecule has 2 aromatic carbocycles. The van der Waals surface area contributed by atoms with E-state index in [1.54, 1.807) is 47.8 Å². The lowest BCUT2D eigenvalue weighted by Crippen LogP contribution is -2.00. The highest BCUT2D eigenvalue weighted by Crippen LogP contribution is 2.23. The fourth-order valence-corrected chi connectivity index (χ4v) is 3.94. The van der Waals surface area contributed by atoms with Crippen LogP contribution in [0.25, 0.3) is 0 Å². The molecule has 0 aromatic heterocycles. The Bertz CT molecular complexity index is 635. The average Bonchev–Trinajstić information content (AvgIpc) is 2.67. The summed E-state index contributed by atoms with van der Waals surface area (Å²) in [7, 11) is 2.76. The van der Waals surface area contributed by atoms with Crippen LogP contribution in [0.3, 0.4) is 0 Å². The number of carbonyl (C=O) groups excluding carboxylic acids is 2. The standard InChI is InChI=1S/C19H20O4S2/c1-22-18(20)14-4-8-16(9-5-14)24-12-3-13-25-17-10-6-15(7-11-17)19(21)23-2/h4-11H,3,12-13H2,1-2H3. The molecular weight excluding hydrogens is 356 g/mol. The molecule has 0 saturated heterocycles. The van der Waals surface area contributed by atoms with Gasteiger partial charge in [-0.05, 0) is 66.5 Å². The van der Waals surface area contributed by atoms with Crippen molar-refractivity contribution in [3.05, 3.63) is 59.7 Å². The van der Waals surface area contributed by atoms with Crippen LogP contribution in [0, 0.1) is 0 Å². The highest BCUT2D eigenvalue weighted by Gasteiger charge is 2.05. The monoisotopic (exact) mass is 376 g/mol. The number of carbonyl (C=O) groups is 2. The first-order valence-electron chi connectivity index (χ1n) is 7.76. The summed E-state index contributed by atoms with van der Waals surface area (Å²) in [5.41, 5.74) is 1.13. The maximum Gasteiger partial charge on any atom is 0.337 e. The Hall–Kier alpha value is -1.92. The van der Waals surface area contributed by atoms with Gasteiger partial charge in [0.2, 0.25) is 0 Å². The predicted molar refractivity (Wildman–Crippen MR) is 102 cm³/mol. The van der Waals surface area contributed by atoms with Crippen molar-refractivity contribution in [2.45, 2.75) is 16.2 Å². The Morgan fingerprint density at radius 3 is 1.40 bits per heavy atom. The molecule has 0 amide bonds. The van der Waals surface area contributed by atoms with Crippen molar-refractivity contribution in [2.75, 3.05) is 25.7 Å². The minimum atomic E-state index is -0.314. The van der Waals surface area contributed by atoms with Crippen LogP contribution in [0.1, 0.15) is 27.1 Å². The lowest BCUT2D eigenvalue weighted by Gasteiger charge is -2.05. The van der Waals surface area contributed by atoms with Crippen molar-refractivity contribution in [3.63, 3.8) is 0 Å². The molecule has 0 bridgehead atoms. The number of benzene rings is 2. The quantitative estimate of drug-likeness (QED) is 0.383. The summed E-state index contributed by atoms with van der Waals surface area (Å²) < 4.78 is 9.37. The van der Waals surface area contributed by atoms with E-state index in [0.29, 0.717) is 11.1 Å². The Morgan fingerprint density at radius 2 is 1.08 bits per heavy atom. The molecule has 0 fully saturated rings. The van der Waals surface area contributed by atoms with Crippen LogP contribution in [0.15, 0.2) is 58.3 Å². The van der Waals surface area contributed by atoms with Crippen LogP contribution in [-0.2, 0) is 9.47 Å². The summed E-state index contributed by atoms with van der Waals surface area (Å²) in [4.78, 5) is 25.0. The minimum absolute atomic E-state index is 0.314. The number of rotatable bonds is 8. The van der Waals surface area contributed by atoms with Crippen molar-refractivity contribution in [2.24, 2.45) is 0 Å². The van der Waals surface area contributed by atoms with Crippen LogP contribution < -0.4 is 0 Å². The second-order valence-corrected chi connectivity index (χ2v) is 7.42. The first kappa shape index (κ1) is 19.4. The lowest BCUT2D eigenvalue weighted by molar-refractivity contribution is 0.0592. The van der Waals surface area contributed by atoms with Crippen LogP contribution in [-0.4, -0.2) is 37.7 Å². The molecule has 0 spiro atoms. The van der Waals surface area contributed by atoms with Gasteiger partial charge in [0.25, 0.3) is 0 Å². The molecule has 6 heteroatoms. The van der Waals surface area contributed by atoms with E-state index in [1.165, 1.54) is 14.2 Å². The van der Waals surface area contributed by atoms with Gasteiger partial charge in [-0.25, -0.2) is 9.59 Å². The molecule has 0 heterocycles.